The van der Waals surface area contributed by atoms with E-state index in [1.807, 2.05) is 39.0 Å². The molecule has 0 fully saturated rings. The second-order valence-corrected chi connectivity index (χ2v) is 6.37. The predicted molar refractivity (Wildman–Crippen MR) is 88.0 cm³/mol. The van der Waals surface area contributed by atoms with E-state index < -0.39 is 5.60 Å². The van der Waals surface area contributed by atoms with Gasteiger partial charge < -0.3 is 5.11 Å². The number of aromatic amines is 1. The molecule has 0 bridgehead atoms. The van der Waals surface area contributed by atoms with Crippen LogP contribution in [0.15, 0.2) is 24.3 Å². The van der Waals surface area contributed by atoms with Crippen molar-refractivity contribution >= 4 is 12.2 Å². The van der Waals surface area contributed by atoms with Crippen molar-refractivity contribution in [3.8, 4) is 0 Å². The average molecular weight is 284 g/mol. The van der Waals surface area contributed by atoms with Crippen LogP contribution < -0.4 is 0 Å². The molecule has 21 heavy (non-hydrogen) atoms. The first kappa shape index (κ1) is 15.5. The summed E-state index contributed by atoms with van der Waals surface area (Å²) >= 11 is 0. The fourth-order valence-corrected chi connectivity index (χ4v) is 2.31. The van der Waals surface area contributed by atoms with Crippen LogP contribution in [0.3, 0.4) is 0 Å². The molecule has 0 spiro atoms. The van der Waals surface area contributed by atoms with Crippen LogP contribution >= 0.6 is 0 Å². The third-order valence-corrected chi connectivity index (χ3v) is 3.56. The van der Waals surface area contributed by atoms with Crippen molar-refractivity contribution in [1.29, 1.82) is 0 Å². The predicted octanol–water partition coefficient (Wildman–Crippen LogP) is 4.24. The van der Waals surface area contributed by atoms with Crippen LogP contribution in [0.1, 0.15) is 61.7 Å². The quantitative estimate of drug-likeness (QED) is 0.882. The van der Waals surface area contributed by atoms with Crippen LogP contribution in [0, 0.1) is 6.92 Å². The van der Waals surface area contributed by atoms with Gasteiger partial charge in [-0.05, 0) is 55.5 Å². The molecular weight excluding hydrogens is 260 g/mol. The fourth-order valence-electron chi connectivity index (χ4n) is 2.31. The second-order valence-electron chi connectivity index (χ2n) is 6.37. The van der Waals surface area contributed by atoms with E-state index in [2.05, 4.69) is 42.2 Å². The van der Waals surface area contributed by atoms with E-state index in [-0.39, 0.29) is 0 Å². The van der Waals surface area contributed by atoms with Crippen molar-refractivity contribution in [1.82, 2.24) is 10.2 Å². The molecular formula is C18H24N2O. The zero-order chi connectivity index (χ0) is 15.6. The Hall–Kier alpha value is -1.87. The number of nitrogens with one attached hydrogen (secondary N) is 1. The van der Waals surface area contributed by atoms with Gasteiger partial charge in [0.15, 0.2) is 0 Å². The van der Waals surface area contributed by atoms with Gasteiger partial charge in [-0.1, -0.05) is 38.1 Å². The van der Waals surface area contributed by atoms with Gasteiger partial charge >= 0.3 is 0 Å². The Morgan fingerprint density at radius 3 is 2.43 bits per heavy atom. The summed E-state index contributed by atoms with van der Waals surface area (Å²) in [5, 5.41) is 17.5. The minimum atomic E-state index is -0.869. The average Bonchev–Trinajstić information content (AvgIpc) is 2.81. The Kier molecular flexibility index (Phi) is 4.33. The number of aryl methyl sites for hydroxylation is 1. The summed E-state index contributed by atoms with van der Waals surface area (Å²) in [5.74, 6) is 0.443. The minimum absolute atomic E-state index is 0.443. The van der Waals surface area contributed by atoms with Gasteiger partial charge in [-0.25, -0.2) is 0 Å². The maximum absolute atomic E-state index is 10.4. The highest BCUT2D eigenvalue weighted by atomic mass is 16.3. The third kappa shape index (κ3) is 3.82. The van der Waals surface area contributed by atoms with Crippen LogP contribution in [0.2, 0.25) is 0 Å². The lowest BCUT2D eigenvalue weighted by atomic mass is 9.88. The van der Waals surface area contributed by atoms with E-state index in [4.69, 9.17) is 0 Å². The molecule has 0 aliphatic carbocycles. The van der Waals surface area contributed by atoms with Crippen molar-refractivity contribution in [3.63, 3.8) is 0 Å². The van der Waals surface area contributed by atoms with E-state index in [0.717, 1.165) is 22.5 Å². The van der Waals surface area contributed by atoms with Gasteiger partial charge in [0.25, 0.3) is 0 Å². The summed E-state index contributed by atoms with van der Waals surface area (Å²) in [4.78, 5) is 0. The van der Waals surface area contributed by atoms with Gasteiger partial charge in [-0.2, -0.15) is 5.10 Å². The number of benzene rings is 1. The molecule has 1 aromatic carbocycles. The highest BCUT2D eigenvalue weighted by Gasteiger charge is 2.20. The first-order valence-corrected chi connectivity index (χ1v) is 7.34. The van der Waals surface area contributed by atoms with Gasteiger partial charge in [0.05, 0.1) is 11.3 Å². The van der Waals surface area contributed by atoms with Crippen LogP contribution in [0.5, 0.6) is 0 Å². The standard InChI is InChI=1S/C18H24N2O/c1-12(2)15-7-6-14(17(11-15)18(4,5)21)8-9-16-10-13(3)19-20-16/h6-12,21H,1-5H3,(H,19,20)/b9-8+. The third-order valence-electron chi connectivity index (χ3n) is 3.56. The molecule has 0 amide bonds. The molecule has 0 aliphatic heterocycles. The Bertz CT molecular complexity index is 645. The lowest BCUT2D eigenvalue weighted by Gasteiger charge is -2.22. The zero-order valence-electron chi connectivity index (χ0n) is 13.4. The van der Waals surface area contributed by atoms with Crippen LogP contribution in [-0.4, -0.2) is 15.3 Å². The molecule has 3 nitrogen and oxygen atoms in total. The summed E-state index contributed by atoms with van der Waals surface area (Å²) in [6.07, 6.45) is 3.97. The Morgan fingerprint density at radius 2 is 1.90 bits per heavy atom. The minimum Gasteiger partial charge on any atom is -0.386 e. The Balaban J connectivity index is 2.40. The molecule has 0 atom stereocenters. The van der Waals surface area contributed by atoms with Crippen LogP contribution in [0.25, 0.3) is 12.2 Å². The van der Waals surface area contributed by atoms with E-state index in [0.29, 0.717) is 5.92 Å². The van der Waals surface area contributed by atoms with Crippen molar-refractivity contribution < 1.29 is 5.11 Å². The maximum Gasteiger partial charge on any atom is 0.0851 e. The molecule has 3 heteroatoms. The summed E-state index contributed by atoms with van der Waals surface area (Å²) in [6, 6.07) is 8.27. The molecule has 2 aromatic rings. The molecule has 1 heterocycles. The molecule has 0 saturated carbocycles. The number of hydrogen-bond acceptors (Lipinski definition) is 2. The number of rotatable bonds is 4. The number of H-pyrrole nitrogens is 1. The van der Waals surface area contributed by atoms with E-state index in [1.165, 1.54) is 5.56 Å². The van der Waals surface area contributed by atoms with E-state index in [1.54, 1.807) is 0 Å². The van der Waals surface area contributed by atoms with Crippen LogP contribution in [-0.2, 0) is 5.60 Å². The SMILES string of the molecule is Cc1cc(/C=C/c2ccc(C(C)C)cc2C(C)(C)O)n[nH]1. The Morgan fingerprint density at radius 1 is 1.19 bits per heavy atom. The molecule has 0 saturated heterocycles. The van der Waals surface area contributed by atoms with E-state index >= 15 is 0 Å². The highest BCUT2D eigenvalue weighted by molar-refractivity contribution is 5.70. The summed E-state index contributed by atoms with van der Waals surface area (Å²) < 4.78 is 0. The molecule has 2 N–H and O–H groups in total. The summed E-state index contributed by atoms with van der Waals surface area (Å²) in [5.41, 5.74) is 4.26. The molecule has 1 aromatic heterocycles. The zero-order valence-corrected chi connectivity index (χ0v) is 13.4. The molecule has 2 rings (SSSR count). The lowest BCUT2D eigenvalue weighted by molar-refractivity contribution is 0.0783. The monoisotopic (exact) mass is 284 g/mol. The summed E-state index contributed by atoms with van der Waals surface area (Å²) in [6.45, 7) is 9.94. The lowest BCUT2D eigenvalue weighted by Crippen LogP contribution is -2.17. The topological polar surface area (TPSA) is 48.9 Å². The second kappa shape index (κ2) is 5.86. The summed E-state index contributed by atoms with van der Waals surface area (Å²) in [7, 11) is 0. The number of nitrogens with zero attached hydrogens (tertiary/aromatic N) is 1. The van der Waals surface area contributed by atoms with Gasteiger partial charge in [0.2, 0.25) is 0 Å². The number of hydrogen-bond donors (Lipinski definition) is 2. The van der Waals surface area contributed by atoms with Crippen molar-refractivity contribution in [3.05, 3.63) is 52.3 Å². The van der Waals surface area contributed by atoms with Gasteiger partial charge in [-0.3, -0.25) is 5.10 Å². The molecule has 0 unspecified atom stereocenters. The van der Waals surface area contributed by atoms with Crippen molar-refractivity contribution in [2.75, 3.05) is 0 Å². The molecule has 0 radical (unpaired) electrons. The van der Waals surface area contributed by atoms with Gasteiger partial charge in [0, 0.05) is 5.69 Å². The first-order chi connectivity index (χ1) is 9.77. The largest absolute Gasteiger partial charge is 0.386 e. The smallest absolute Gasteiger partial charge is 0.0851 e. The van der Waals surface area contributed by atoms with Gasteiger partial charge in [-0.15, -0.1) is 0 Å². The molecule has 0 aliphatic rings. The maximum atomic E-state index is 10.4. The number of aromatic nitrogens is 2. The van der Waals surface area contributed by atoms with Crippen LogP contribution in [0.4, 0.5) is 0 Å². The Labute approximate surface area is 126 Å². The first-order valence-electron chi connectivity index (χ1n) is 7.34. The fraction of sp³-hybridized carbons (Fsp3) is 0.389. The number of aliphatic hydroxyl groups is 1. The van der Waals surface area contributed by atoms with Crippen molar-refractivity contribution in [2.24, 2.45) is 0 Å². The highest BCUT2D eigenvalue weighted by Crippen LogP contribution is 2.28. The van der Waals surface area contributed by atoms with E-state index in [9.17, 15) is 5.11 Å². The normalized spacial score (nSPS) is 12.5. The van der Waals surface area contributed by atoms with Crippen molar-refractivity contribution in [2.45, 2.75) is 46.1 Å². The molecule has 112 valence electrons. The van der Waals surface area contributed by atoms with Gasteiger partial charge in [0.1, 0.15) is 0 Å².